The fourth-order valence-corrected chi connectivity index (χ4v) is 4.04. The van der Waals surface area contributed by atoms with E-state index in [1.54, 1.807) is 4.68 Å². The Hall–Kier alpha value is -1.95. The predicted molar refractivity (Wildman–Crippen MR) is 94.4 cm³/mol. The van der Waals surface area contributed by atoms with E-state index in [0.717, 1.165) is 42.3 Å². The Morgan fingerprint density at radius 1 is 1.04 bits per heavy atom. The van der Waals surface area contributed by atoms with Gasteiger partial charge in [0.15, 0.2) is 11.6 Å². The summed E-state index contributed by atoms with van der Waals surface area (Å²) in [5, 5.41) is 16.8. The number of hydrogen-bond donors (Lipinski definition) is 1. The molecule has 2 saturated heterocycles. The van der Waals surface area contributed by atoms with Gasteiger partial charge in [-0.05, 0) is 75.7 Å². The van der Waals surface area contributed by atoms with Gasteiger partial charge >= 0.3 is 0 Å². The lowest BCUT2D eigenvalue weighted by Crippen LogP contribution is -2.43. The van der Waals surface area contributed by atoms with Crippen molar-refractivity contribution in [3.05, 3.63) is 30.1 Å². The highest BCUT2D eigenvalue weighted by Gasteiger charge is 2.28. The molecule has 0 saturated carbocycles. The molecular formula is C18H26N6. The topological polar surface area (TPSA) is 58.9 Å². The van der Waals surface area contributed by atoms with Crippen LogP contribution in [0, 0.1) is 18.8 Å². The zero-order valence-electron chi connectivity index (χ0n) is 14.4. The summed E-state index contributed by atoms with van der Waals surface area (Å²) in [4.78, 5) is 2.41. The second-order valence-electron chi connectivity index (χ2n) is 7.11. The molecule has 2 aliphatic heterocycles. The quantitative estimate of drug-likeness (QED) is 0.937. The third-order valence-corrected chi connectivity index (χ3v) is 5.38. The summed E-state index contributed by atoms with van der Waals surface area (Å²) < 4.78 is 1.78. The van der Waals surface area contributed by atoms with E-state index < -0.39 is 0 Å². The largest absolute Gasteiger partial charge is 0.355 e. The molecule has 0 spiro atoms. The minimum absolute atomic E-state index is 0.775. The average Bonchev–Trinajstić information content (AvgIpc) is 3.09. The Bertz CT molecular complexity index is 658. The number of anilines is 1. The van der Waals surface area contributed by atoms with E-state index in [-0.39, 0.29) is 0 Å². The zero-order valence-corrected chi connectivity index (χ0v) is 14.4. The molecule has 4 heterocycles. The van der Waals surface area contributed by atoms with Crippen molar-refractivity contribution in [1.82, 2.24) is 25.3 Å². The highest BCUT2D eigenvalue weighted by molar-refractivity contribution is 5.40. The van der Waals surface area contributed by atoms with E-state index in [9.17, 15) is 0 Å². The van der Waals surface area contributed by atoms with Crippen LogP contribution < -0.4 is 10.2 Å². The molecule has 24 heavy (non-hydrogen) atoms. The first-order valence-electron chi connectivity index (χ1n) is 9.11. The summed E-state index contributed by atoms with van der Waals surface area (Å²) in [6.45, 7) is 6.55. The van der Waals surface area contributed by atoms with Gasteiger partial charge in [-0.15, -0.1) is 10.2 Å². The highest BCUT2D eigenvalue weighted by Crippen LogP contribution is 2.30. The van der Waals surface area contributed by atoms with Gasteiger partial charge in [0, 0.05) is 19.3 Å². The summed E-state index contributed by atoms with van der Waals surface area (Å²) in [5.41, 5.74) is 0.987. The summed E-state index contributed by atoms with van der Waals surface area (Å²) in [5.74, 6) is 3.37. The summed E-state index contributed by atoms with van der Waals surface area (Å²) in [7, 11) is 0. The number of piperidine rings is 2. The molecule has 2 aromatic heterocycles. The number of nitrogens with zero attached hydrogens (tertiary/aromatic N) is 5. The predicted octanol–water partition coefficient (Wildman–Crippen LogP) is 2.19. The van der Waals surface area contributed by atoms with Crippen LogP contribution in [0.25, 0.3) is 5.82 Å². The molecule has 2 aliphatic rings. The molecule has 2 unspecified atom stereocenters. The minimum Gasteiger partial charge on any atom is -0.355 e. The van der Waals surface area contributed by atoms with Crippen LogP contribution in [-0.2, 0) is 0 Å². The molecule has 1 N–H and O–H groups in total. The molecule has 4 rings (SSSR count). The summed E-state index contributed by atoms with van der Waals surface area (Å²) >= 11 is 0. The number of hydrogen-bond acceptors (Lipinski definition) is 5. The van der Waals surface area contributed by atoms with Crippen LogP contribution in [-0.4, -0.2) is 46.2 Å². The van der Waals surface area contributed by atoms with Gasteiger partial charge in [-0.2, -0.15) is 5.10 Å². The molecule has 0 aromatic carbocycles. The van der Waals surface area contributed by atoms with Crippen LogP contribution in [0.5, 0.6) is 0 Å². The first kappa shape index (κ1) is 15.6. The van der Waals surface area contributed by atoms with Gasteiger partial charge in [-0.1, -0.05) is 0 Å². The maximum atomic E-state index is 4.47. The maximum absolute atomic E-state index is 4.47. The molecule has 6 heteroatoms. The second kappa shape index (κ2) is 6.89. The highest BCUT2D eigenvalue weighted by atomic mass is 15.4. The fraction of sp³-hybridized carbons (Fsp3) is 0.611. The number of rotatable bonds is 3. The first-order valence-corrected chi connectivity index (χ1v) is 9.11. The van der Waals surface area contributed by atoms with Crippen molar-refractivity contribution < 1.29 is 0 Å². The molecule has 0 amide bonds. The lowest BCUT2D eigenvalue weighted by Gasteiger charge is -2.39. The third-order valence-electron chi connectivity index (χ3n) is 5.38. The van der Waals surface area contributed by atoms with Gasteiger partial charge in [0.25, 0.3) is 0 Å². The Balaban J connectivity index is 1.44. The number of aryl methyl sites for hydroxylation is 1. The Morgan fingerprint density at radius 2 is 1.88 bits per heavy atom. The van der Waals surface area contributed by atoms with E-state index in [4.69, 9.17) is 0 Å². The lowest BCUT2D eigenvalue weighted by atomic mass is 9.81. The van der Waals surface area contributed by atoms with Crippen LogP contribution in [0.15, 0.2) is 24.4 Å². The van der Waals surface area contributed by atoms with E-state index in [0.29, 0.717) is 0 Å². The van der Waals surface area contributed by atoms with Gasteiger partial charge in [0.1, 0.15) is 0 Å². The lowest BCUT2D eigenvalue weighted by molar-refractivity contribution is 0.234. The van der Waals surface area contributed by atoms with E-state index in [2.05, 4.69) is 31.6 Å². The average molecular weight is 326 g/mol. The minimum atomic E-state index is 0.775. The summed E-state index contributed by atoms with van der Waals surface area (Å²) in [6.07, 6.45) is 7.21. The smallest absolute Gasteiger partial charge is 0.175 e. The van der Waals surface area contributed by atoms with Crippen molar-refractivity contribution in [2.75, 3.05) is 31.1 Å². The fourth-order valence-electron chi connectivity index (χ4n) is 4.04. The van der Waals surface area contributed by atoms with E-state index in [1.165, 1.54) is 38.8 Å². The molecule has 128 valence electrons. The van der Waals surface area contributed by atoms with Crippen molar-refractivity contribution in [3.8, 4) is 5.82 Å². The third kappa shape index (κ3) is 3.29. The SMILES string of the molecule is Cc1ccn(-c2ccc(N3CCCC(C4CCCNC4)C3)nn2)n1. The van der Waals surface area contributed by atoms with Crippen molar-refractivity contribution in [2.24, 2.45) is 11.8 Å². The van der Waals surface area contributed by atoms with Gasteiger partial charge in [-0.25, -0.2) is 4.68 Å². The molecule has 0 radical (unpaired) electrons. The van der Waals surface area contributed by atoms with Gasteiger partial charge in [-0.3, -0.25) is 0 Å². The maximum Gasteiger partial charge on any atom is 0.175 e. The monoisotopic (exact) mass is 326 g/mol. The standard InChI is InChI=1S/C18H26N6/c1-14-8-11-24(22-14)18-7-6-17(20-21-18)23-10-3-5-16(13-23)15-4-2-9-19-12-15/h6-8,11,15-16,19H,2-5,9-10,12-13H2,1H3. The molecule has 0 bridgehead atoms. The van der Waals surface area contributed by atoms with Crippen molar-refractivity contribution >= 4 is 5.82 Å². The van der Waals surface area contributed by atoms with Gasteiger partial charge in [0.05, 0.1) is 5.69 Å². The van der Waals surface area contributed by atoms with E-state index in [1.807, 2.05) is 25.3 Å². The number of nitrogens with one attached hydrogen (secondary N) is 1. The van der Waals surface area contributed by atoms with Crippen LogP contribution in [0.4, 0.5) is 5.82 Å². The van der Waals surface area contributed by atoms with Crippen molar-refractivity contribution in [1.29, 1.82) is 0 Å². The van der Waals surface area contributed by atoms with Gasteiger partial charge in [0.2, 0.25) is 0 Å². The van der Waals surface area contributed by atoms with Crippen LogP contribution in [0.3, 0.4) is 0 Å². The molecule has 2 atom stereocenters. The zero-order chi connectivity index (χ0) is 16.4. The Labute approximate surface area is 143 Å². The van der Waals surface area contributed by atoms with Crippen LogP contribution in [0.1, 0.15) is 31.4 Å². The Kier molecular flexibility index (Phi) is 4.47. The van der Waals surface area contributed by atoms with Crippen LogP contribution in [0.2, 0.25) is 0 Å². The molecular weight excluding hydrogens is 300 g/mol. The van der Waals surface area contributed by atoms with Crippen LogP contribution >= 0.6 is 0 Å². The normalized spacial score (nSPS) is 25.0. The molecule has 2 aromatic rings. The van der Waals surface area contributed by atoms with E-state index >= 15 is 0 Å². The van der Waals surface area contributed by atoms with Crippen molar-refractivity contribution in [2.45, 2.75) is 32.6 Å². The number of aromatic nitrogens is 4. The molecule has 0 aliphatic carbocycles. The second-order valence-corrected chi connectivity index (χ2v) is 7.11. The first-order chi connectivity index (χ1) is 11.8. The Morgan fingerprint density at radius 3 is 2.58 bits per heavy atom. The molecule has 6 nitrogen and oxygen atoms in total. The van der Waals surface area contributed by atoms with Crippen molar-refractivity contribution in [3.63, 3.8) is 0 Å². The van der Waals surface area contributed by atoms with Gasteiger partial charge < -0.3 is 10.2 Å². The molecule has 2 fully saturated rings. The summed E-state index contributed by atoms with van der Waals surface area (Å²) in [6, 6.07) is 6.07.